The summed E-state index contributed by atoms with van der Waals surface area (Å²) in [7, 11) is 0. The van der Waals surface area contributed by atoms with Crippen LogP contribution in [0, 0.1) is 0 Å². The highest BCUT2D eigenvalue weighted by molar-refractivity contribution is 7.26. The summed E-state index contributed by atoms with van der Waals surface area (Å²) in [5.74, 6) is 0.870. The molecule has 0 spiro atoms. The van der Waals surface area contributed by atoms with Crippen LogP contribution in [0.2, 0.25) is 0 Å². The zero-order valence-corrected chi connectivity index (χ0v) is 31.0. The van der Waals surface area contributed by atoms with Crippen molar-refractivity contribution in [2.24, 2.45) is 0 Å². The fraction of sp³-hybridized carbons (Fsp3) is 0. The first-order chi connectivity index (χ1) is 27.8. The molecular formula is C52H32N2OS. The van der Waals surface area contributed by atoms with E-state index < -0.39 is 0 Å². The molecule has 12 rings (SSSR count). The number of benzene rings is 8. The van der Waals surface area contributed by atoms with Crippen LogP contribution in [-0.2, 0) is 0 Å². The predicted octanol–water partition coefficient (Wildman–Crippen LogP) is 14.8. The van der Waals surface area contributed by atoms with Crippen LogP contribution < -0.4 is 0 Å². The lowest BCUT2D eigenvalue weighted by molar-refractivity contribution is 0.633. The average molecular weight is 733 g/mol. The van der Waals surface area contributed by atoms with Crippen molar-refractivity contribution in [2.45, 2.75) is 0 Å². The molecule has 0 aliphatic heterocycles. The Balaban J connectivity index is 1.22. The minimum atomic E-state index is 0.870. The molecular weight excluding hydrogens is 701 g/mol. The van der Waals surface area contributed by atoms with E-state index in [4.69, 9.17) is 4.42 Å². The number of fused-ring (bicyclic) bond motifs is 9. The van der Waals surface area contributed by atoms with Crippen molar-refractivity contribution in [2.75, 3.05) is 0 Å². The number of para-hydroxylation sites is 4. The van der Waals surface area contributed by atoms with Gasteiger partial charge in [0.25, 0.3) is 0 Å². The summed E-state index contributed by atoms with van der Waals surface area (Å²) in [6.07, 6.45) is 0. The average Bonchev–Trinajstić information content (AvgIpc) is 4.02. The molecule has 8 aromatic carbocycles. The molecule has 56 heavy (non-hydrogen) atoms. The Bertz CT molecular complexity index is 3460. The summed E-state index contributed by atoms with van der Waals surface area (Å²) in [6, 6.07) is 69.9. The van der Waals surface area contributed by atoms with E-state index in [0.29, 0.717) is 0 Å². The van der Waals surface area contributed by atoms with E-state index >= 15 is 0 Å². The molecule has 0 unspecified atom stereocenters. The third kappa shape index (κ3) is 4.51. The van der Waals surface area contributed by atoms with Gasteiger partial charge in [-0.3, -0.25) is 9.13 Å². The predicted molar refractivity (Wildman–Crippen MR) is 237 cm³/mol. The smallest absolute Gasteiger partial charge is 0.145 e. The standard InChI is InChI=1S/C52H32N2OS/c1-4-16-33(17-5-1)47-41-23-10-12-28-45(41)55-50(47)43-27-15-26-42-48-40-31-30-34(37-24-14-25-39-38-22-11-13-29-46(38)56-51(37)39)32-44(40)53(35-18-6-2-7-19-35)52(48)54(49(42)43)36-20-8-3-9-21-36/h1-32H. The number of hydrogen-bond acceptors (Lipinski definition) is 2. The third-order valence-corrected chi connectivity index (χ3v) is 12.6. The minimum absolute atomic E-state index is 0.870. The molecule has 0 aliphatic rings. The highest BCUT2D eigenvalue weighted by Crippen LogP contribution is 2.49. The lowest BCUT2D eigenvalue weighted by atomic mass is 9.97. The van der Waals surface area contributed by atoms with Crippen molar-refractivity contribution in [3.05, 3.63) is 194 Å². The van der Waals surface area contributed by atoms with Crippen LogP contribution in [0.25, 0.3) is 109 Å². The maximum atomic E-state index is 6.92. The molecule has 4 heterocycles. The topological polar surface area (TPSA) is 23.0 Å². The Morgan fingerprint density at radius 3 is 1.84 bits per heavy atom. The maximum absolute atomic E-state index is 6.92. The third-order valence-electron chi connectivity index (χ3n) is 11.3. The second-order valence-corrected chi connectivity index (χ2v) is 15.5. The summed E-state index contributed by atoms with van der Waals surface area (Å²) in [6.45, 7) is 0. The van der Waals surface area contributed by atoms with E-state index in [1.165, 1.54) is 53.0 Å². The Labute approximate surface area is 326 Å². The molecule has 12 aromatic rings. The van der Waals surface area contributed by atoms with E-state index in [1.54, 1.807) is 0 Å². The Kier molecular flexibility index (Phi) is 6.80. The van der Waals surface area contributed by atoms with E-state index in [1.807, 2.05) is 11.3 Å². The highest BCUT2D eigenvalue weighted by Gasteiger charge is 2.27. The Hall–Kier alpha value is -7.14. The number of furan rings is 1. The second-order valence-electron chi connectivity index (χ2n) is 14.4. The van der Waals surface area contributed by atoms with Crippen molar-refractivity contribution in [1.29, 1.82) is 0 Å². The van der Waals surface area contributed by atoms with Gasteiger partial charge in [-0.05, 0) is 65.2 Å². The van der Waals surface area contributed by atoms with Crippen LogP contribution in [0.1, 0.15) is 0 Å². The number of thiophene rings is 1. The van der Waals surface area contributed by atoms with Crippen molar-refractivity contribution < 1.29 is 4.42 Å². The van der Waals surface area contributed by atoms with Gasteiger partial charge in [0.15, 0.2) is 0 Å². The van der Waals surface area contributed by atoms with Gasteiger partial charge in [0, 0.05) is 64.2 Å². The van der Waals surface area contributed by atoms with Crippen LogP contribution >= 0.6 is 11.3 Å². The minimum Gasteiger partial charge on any atom is -0.455 e. The first-order valence-corrected chi connectivity index (χ1v) is 19.8. The molecule has 0 radical (unpaired) electrons. The van der Waals surface area contributed by atoms with Gasteiger partial charge in [-0.15, -0.1) is 11.3 Å². The molecule has 0 amide bonds. The molecule has 0 N–H and O–H groups in total. The molecule has 262 valence electrons. The molecule has 0 aliphatic carbocycles. The van der Waals surface area contributed by atoms with Gasteiger partial charge in [-0.2, -0.15) is 0 Å². The van der Waals surface area contributed by atoms with Crippen molar-refractivity contribution in [3.8, 4) is 45.0 Å². The van der Waals surface area contributed by atoms with Gasteiger partial charge in [0.1, 0.15) is 17.0 Å². The molecule has 4 aromatic heterocycles. The number of aromatic nitrogens is 2. The van der Waals surface area contributed by atoms with Gasteiger partial charge < -0.3 is 4.42 Å². The van der Waals surface area contributed by atoms with Crippen LogP contribution in [0.5, 0.6) is 0 Å². The molecule has 3 nitrogen and oxygen atoms in total. The highest BCUT2D eigenvalue weighted by atomic mass is 32.1. The second kappa shape index (κ2) is 12.2. The molecule has 4 heteroatoms. The molecule has 0 fully saturated rings. The molecule has 0 atom stereocenters. The number of nitrogens with zero attached hydrogens (tertiary/aromatic N) is 2. The summed E-state index contributed by atoms with van der Waals surface area (Å²) in [5.41, 5.74) is 12.2. The fourth-order valence-electron chi connectivity index (χ4n) is 8.96. The number of hydrogen-bond donors (Lipinski definition) is 0. The van der Waals surface area contributed by atoms with E-state index in [2.05, 4.69) is 203 Å². The van der Waals surface area contributed by atoms with Crippen molar-refractivity contribution in [1.82, 2.24) is 9.13 Å². The maximum Gasteiger partial charge on any atom is 0.145 e. The van der Waals surface area contributed by atoms with Crippen LogP contribution in [0.3, 0.4) is 0 Å². The lowest BCUT2D eigenvalue weighted by Crippen LogP contribution is -2.02. The fourth-order valence-corrected chi connectivity index (χ4v) is 10.2. The summed E-state index contributed by atoms with van der Waals surface area (Å²) in [5, 5.41) is 7.33. The van der Waals surface area contributed by atoms with Crippen LogP contribution in [0.15, 0.2) is 199 Å². The Morgan fingerprint density at radius 2 is 1.05 bits per heavy atom. The zero-order valence-electron chi connectivity index (χ0n) is 30.2. The van der Waals surface area contributed by atoms with E-state index in [0.717, 1.165) is 56.0 Å². The monoisotopic (exact) mass is 732 g/mol. The molecule has 0 saturated carbocycles. The van der Waals surface area contributed by atoms with Gasteiger partial charge in [0.2, 0.25) is 0 Å². The van der Waals surface area contributed by atoms with Gasteiger partial charge >= 0.3 is 0 Å². The molecule has 0 saturated heterocycles. The SMILES string of the molecule is c1ccc(-c2c(-c3cccc4c5c6ccc(-c7cccc8c7sc7ccccc78)cc6n(-c6ccccc6)c5n(-c5ccccc5)c34)oc3ccccc23)cc1. The van der Waals surface area contributed by atoms with Crippen LogP contribution in [0.4, 0.5) is 0 Å². The first-order valence-electron chi connectivity index (χ1n) is 19.0. The van der Waals surface area contributed by atoms with Crippen molar-refractivity contribution >= 4 is 75.3 Å². The van der Waals surface area contributed by atoms with E-state index in [-0.39, 0.29) is 0 Å². The van der Waals surface area contributed by atoms with Gasteiger partial charge in [-0.25, -0.2) is 0 Å². The van der Waals surface area contributed by atoms with Gasteiger partial charge in [0.05, 0.1) is 11.0 Å². The van der Waals surface area contributed by atoms with Crippen molar-refractivity contribution in [3.63, 3.8) is 0 Å². The Morgan fingerprint density at radius 1 is 0.429 bits per heavy atom. The van der Waals surface area contributed by atoms with Crippen LogP contribution in [-0.4, -0.2) is 9.13 Å². The summed E-state index contributed by atoms with van der Waals surface area (Å²) in [4.78, 5) is 0. The summed E-state index contributed by atoms with van der Waals surface area (Å²) >= 11 is 1.88. The first kappa shape index (κ1) is 31.2. The summed E-state index contributed by atoms with van der Waals surface area (Å²) < 4.78 is 14.5. The number of rotatable bonds is 5. The molecule has 0 bridgehead atoms. The zero-order chi connectivity index (χ0) is 36.7. The largest absolute Gasteiger partial charge is 0.455 e. The van der Waals surface area contributed by atoms with E-state index in [9.17, 15) is 0 Å². The van der Waals surface area contributed by atoms with Gasteiger partial charge in [-0.1, -0.05) is 146 Å². The quantitative estimate of drug-likeness (QED) is 0.173. The normalized spacial score (nSPS) is 11.9. The lowest BCUT2D eigenvalue weighted by Gasteiger charge is -2.15.